The van der Waals surface area contributed by atoms with Gasteiger partial charge >= 0.3 is 0 Å². The fourth-order valence-corrected chi connectivity index (χ4v) is 3.86. The molecule has 1 heterocycles. The minimum atomic E-state index is -0.637. The van der Waals surface area contributed by atoms with Crippen molar-refractivity contribution in [1.82, 2.24) is 4.90 Å². The molecule has 24 heavy (non-hydrogen) atoms. The van der Waals surface area contributed by atoms with Crippen LogP contribution in [0.2, 0.25) is 0 Å². The molecule has 1 unspecified atom stereocenters. The number of hydrogen-bond donors (Lipinski definition) is 0. The van der Waals surface area contributed by atoms with E-state index in [0.29, 0.717) is 18.1 Å². The molecule has 0 spiro atoms. The van der Waals surface area contributed by atoms with E-state index >= 15 is 0 Å². The third-order valence-electron chi connectivity index (χ3n) is 3.81. The highest BCUT2D eigenvalue weighted by atomic mass is 32.2. The fourth-order valence-electron chi connectivity index (χ4n) is 2.68. The predicted octanol–water partition coefficient (Wildman–Crippen LogP) is 4.14. The molecule has 1 atom stereocenters. The van der Waals surface area contributed by atoms with Crippen LogP contribution in [0.3, 0.4) is 0 Å². The van der Waals surface area contributed by atoms with Crippen LogP contribution >= 0.6 is 11.8 Å². The number of hydrogen-bond acceptors (Lipinski definition) is 3. The van der Waals surface area contributed by atoms with E-state index in [4.69, 9.17) is 4.74 Å². The van der Waals surface area contributed by atoms with E-state index in [1.165, 1.54) is 34.9 Å². The maximum atomic E-state index is 13.9. The van der Waals surface area contributed by atoms with E-state index in [2.05, 4.69) is 0 Å². The molecule has 0 radical (unpaired) electrons. The molecule has 0 aliphatic carbocycles. The smallest absolute Gasteiger partial charge is 0.234 e. The minimum Gasteiger partial charge on any atom is -0.494 e. The molecule has 126 valence electrons. The van der Waals surface area contributed by atoms with Crippen molar-refractivity contribution in [2.45, 2.75) is 18.8 Å². The quantitative estimate of drug-likeness (QED) is 0.813. The molecule has 0 bridgehead atoms. The monoisotopic (exact) mass is 349 g/mol. The molecule has 2 aromatic rings. The number of rotatable bonds is 5. The third kappa shape index (κ3) is 3.38. The summed E-state index contributed by atoms with van der Waals surface area (Å²) in [5.74, 6) is -0.399. The van der Waals surface area contributed by atoms with Gasteiger partial charge in [0.25, 0.3) is 0 Å². The van der Waals surface area contributed by atoms with Crippen molar-refractivity contribution in [3.8, 4) is 5.75 Å². The van der Waals surface area contributed by atoms with Crippen molar-refractivity contribution >= 4 is 17.7 Å². The van der Waals surface area contributed by atoms with Crippen LogP contribution in [0.15, 0.2) is 42.5 Å². The van der Waals surface area contributed by atoms with Gasteiger partial charge in [0.2, 0.25) is 5.91 Å². The largest absolute Gasteiger partial charge is 0.494 e. The summed E-state index contributed by atoms with van der Waals surface area (Å²) in [5.41, 5.74) is 0.799. The summed E-state index contributed by atoms with van der Waals surface area (Å²) in [7, 11) is 0. The Labute approximate surface area is 143 Å². The lowest BCUT2D eigenvalue weighted by atomic mass is 10.1. The van der Waals surface area contributed by atoms with Crippen molar-refractivity contribution in [3.05, 3.63) is 65.2 Å². The number of carbonyl (C=O) groups is 1. The molecule has 1 amide bonds. The zero-order valence-electron chi connectivity index (χ0n) is 13.2. The van der Waals surface area contributed by atoms with Crippen LogP contribution < -0.4 is 4.74 Å². The third-order valence-corrected chi connectivity index (χ3v) is 5.07. The summed E-state index contributed by atoms with van der Waals surface area (Å²) in [6.45, 7) is 2.35. The highest BCUT2D eigenvalue weighted by molar-refractivity contribution is 8.00. The van der Waals surface area contributed by atoms with Crippen LogP contribution in [0.4, 0.5) is 8.78 Å². The normalized spacial score (nSPS) is 17.4. The van der Waals surface area contributed by atoms with Gasteiger partial charge in [-0.3, -0.25) is 4.79 Å². The molecule has 1 aliphatic rings. The van der Waals surface area contributed by atoms with Gasteiger partial charge in [0.05, 0.1) is 18.9 Å². The Bertz CT molecular complexity index is 733. The Morgan fingerprint density at radius 2 is 1.92 bits per heavy atom. The minimum absolute atomic E-state index is 0.0840. The first-order chi connectivity index (χ1) is 11.6. The first-order valence-corrected chi connectivity index (χ1v) is 8.71. The average Bonchev–Trinajstić information content (AvgIpc) is 2.92. The Morgan fingerprint density at radius 1 is 1.21 bits per heavy atom. The van der Waals surface area contributed by atoms with Gasteiger partial charge in [0, 0.05) is 5.56 Å². The molecule has 1 aliphatic heterocycles. The second-order valence-corrected chi connectivity index (χ2v) is 6.46. The predicted molar refractivity (Wildman–Crippen MR) is 89.7 cm³/mol. The molecule has 2 aromatic carbocycles. The lowest BCUT2D eigenvalue weighted by Crippen LogP contribution is -2.28. The number of ether oxygens (including phenoxy) is 1. The Hall–Kier alpha value is -2.08. The second-order valence-electron chi connectivity index (χ2n) is 5.39. The number of carbonyl (C=O) groups excluding carboxylic acids is 1. The van der Waals surface area contributed by atoms with E-state index in [9.17, 15) is 13.6 Å². The highest BCUT2D eigenvalue weighted by Crippen LogP contribution is 2.40. The molecule has 0 N–H and O–H groups in total. The number of thioether (sulfide) groups is 1. The number of halogens is 2. The van der Waals surface area contributed by atoms with Gasteiger partial charge in [-0.25, -0.2) is 8.78 Å². The van der Waals surface area contributed by atoms with E-state index in [0.717, 1.165) is 5.56 Å². The van der Waals surface area contributed by atoms with Crippen molar-refractivity contribution < 1.29 is 18.3 Å². The lowest BCUT2D eigenvalue weighted by Gasteiger charge is -2.25. The zero-order chi connectivity index (χ0) is 17.1. The van der Waals surface area contributed by atoms with Crippen molar-refractivity contribution in [3.63, 3.8) is 0 Å². The molecular formula is C18H17F2NO2S. The Kier molecular flexibility index (Phi) is 5.04. The summed E-state index contributed by atoms with van der Waals surface area (Å²) >= 11 is 1.45. The van der Waals surface area contributed by atoms with Crippen LogP contribution in [0, 0.1) is 11.6 Å². The SMILES string of the molecule is CCOc1cccc(C2SCC(=O)N2Cc2c(F)cccc2F)c1. The zero-order valence-corrected chi connectivity index (χ0v) is 14.0. The van der Waals surface area contributed by atoms with Gasteiger partial charge in [-0.15, -0.1) is 11.8 Å². The van der Waals surface area contributed by atoms with Crippen LogP contribution in [-0.4, -0.2) is 23.2 Å². The number of benzene rings is 2. The molecule has 6 heteroatoms. The summed E-state index contributed by atoms with van der Waals surface area (Å²) in [6, 6.07) is 11.2. The second kappa shape index (κ2) is 7.21. The summed E-state index contributed by atoms with van der Waals surface area (Å²) in [4.78, 5) is 13.7. The van der Waals surface area contributed by atoms with Gasteiger partial charge in [-0.2, -0.15) is 0 Å². The van der Waals surface area contributed by atoms with E-state index in [1.807, 2.05) is 31.2 Å². The number of nitrogens with zero attached hydrogens (tertiary/aromatic N) is 1. The van der Waals surface area contributed by atoms with Crippen molar-refractivity contribution in [1.29, 1.82) is 0 Å². The van der Waals surface area contributed by atoms with Crippen molar-refractivity contribution in [2.75, 3.05) is 12.4 Å². The van der Waals surface area contributed by atoms with Crippen LogP contribution in [0.25, 0.3) is 0 Å². The van der Waals surface area contributed by atoms with Gasteiger partial charge < -0.3 is 9.64 Å². The molecular weight excluding hydrogens is 332 g/mol. The summed E-state index contributed by atoms with van der Waals surface area (Å²) in [5, 5.41) is -0.281. The van der Waals surface area contributed by atoms with Crippen molar-refractivity contribution in [2.24, 2.45) is 0 Å². The first kappa shape index (κ1) is 16.8. The van der Waals surface area contributed by atoms with E-state index in [1.54, 1.807) is 0 Å². The molecule has 0 saturated carbocycles. The van der Waals surface area contributed by atoms with Gasteiger partial charge in [-0.05, 0) is 36.8 Å². The topological polar surface area (TPSA) is 29.5 Å². The summed E-state index contributed by atoms with van der Waals surface area (Å²) in [6.07, 6.45) is 0. The summed E-state index contributed by atoms with van der Waals surface area (Å²) < 4.78 is 33.3. The molecule has 1 saturated heterocycles. The molecule has 3 rings (SSSR count). The van der Waals surface area contributed by atoms with Gasteiger partial charge in [0.15, 0.2) is 0 Å². The van der Waals surface area contributed by atoms with E-state index in [-0.39, 0.29) is 23.4 Å². The first-order valence-electron chi connectivity index (χ1n) is 7.67. The molecule has 1 fully saturated rings. The Morgan fingerprint density at radius 3 is 2.62 bits per heavy atom. The van der Waals surface area contributed by atoms with Crippen LogP contribution in [0.5, 0.6) is 5.75 Å². The van der Waals surface area contributed by atoms with Gasteiger partial charge in [-0.1, -0.05) is 18.2 Å². The van der Waals surface area contributed by atoms with Crippen LogP contribution in [0.1, 0.15) is 23.4 Å². The maximum absolute atomic E-state index is 13.9. The fraction of sp³-hybridized carbons (Fsp3) is 0.278. The average molecular weight is 349 g/mol. The maximum Gasteiger partial charge on any atom is 0.234 e. The standard InChI is InChI=1S/C18H17F2NO2S/c1-2-23-13-6-3-5-12(9-13)18-21(17(22)11-24-18)10-14-15(19)7-4-8-16(14)20/h3-9,18H,2,10-11H2,1H3. The molecule has 3 nitrogen and oxygen atoms in total. The Balaban J connectivity index is 1.88. The van der Waals surface area contributed by atoms with E-state index < -0.39 is 11.6 Å². The molecule has 0 aromatic heterocycles. The highest BCUT2D eigenvalue weighted by Gasteiger charge is 2.34. The lowest BCUT2D eigenvalue weighted by molar-refractivity contribution is -0.128. The number of amides is 1. The van der Waals surface area contributed by atoms with Gasteiger partial charge in [0.1, 0.15) is 22.8 Å². The van der Waals surface area contributed by atoms with Crippen LogP contribution in [-0.2, 0) is 11.3 Å².